The summed E-state index contributed by atoms with van der Waals surface area (Å²) < 4.78 is 10.9. The highest BCUT2D eigenvalue weighted by Gasteiger charge is 2.27. The first-order valence-corrected chi connectivity index (χ1v) is 10.3. The van der Waals surface area contributed by atoms with Crippen LogP contribution in [0.2, 0.25) is 0 Å². The SMILES string of the molecule is CC(C)(C)c1ccc(OCC(=O)Nc2ccc3c(c2)N(C(=O)c2ccco2)CC3)cc1. The molecule has 2 heterocycles. The number of amides is 2. The Hall–Kier alpha value is -3.54. The zero-order valence-corrected chi connectivity index (χ0v) is 18.0. The highest BCUT2D eigenvalue weighted by atomic mass is 16.5. The van der Waals surface area contributed by atoms with Crippen LogP contribution in [0, 0.1) is 0 Å². The third-order valence-electron chi connectivity index (χ3n) is 5.33. The van der Waals surface area contributed by atoms with E-state index in [-0.39, 0.29) is 23.8 Å². The van der Waals surface area contributed by atoms with E-state index in [1.165, 1.54) is 11.8 Å². The molecule has 31 heavy (non-hydrogen) atoms. The smallest absolute Gasteiger partial charge is 0.293 e. The summed E-state index contributed by atoms with van der Waals surface area (Å²) in [5, 5.41) is 2.85. The fourth-order valence-electron chi connectivity index (χ4n) is 3.60. The van der Waals surface area contributed by atoms with Crippen LogP contribution in [0.5, 0.6) is 5.75 Å². The van der Waals surface area contributed by atoms with Gasteiger partial charge in [-0.05, 0) is 59.4 Å². The van der Waals surface area contributed by atoms with Crippen molar-refractivity contribution in [2.24, 2.45) is 0 Å². The molecule has 3 aromatic rings. The molecule has 0 fully saturated rings. The lowest BCUT2D eigenvalue weighted by Gasteiger charge is -2.19. The van der Waals surface area contributed by atoms with Crippen molar-refractivity contribution in [2.75, 3.05) is 23.4 Å². The normalized spacial score (nSPS) is 13.1. The summed E-state index contributed by atoms with van der Waals surface area (Å²) in [5.74, 6) is 0.497. The Balaban J connectivity index is 1.38. The van der Waals surface area contributed by atoms with Gasteiger partial charge in [0.2, 0.25) is 0 Å². The van der Waals surface area contributed by atoms with Gasteiger partial charge in [-0.15, -0.1) is 0 Å². The topological polar surface area (TPSA) is 71.8 Å². The standard InChI is InChI=1S/C25H26N2O4/c1-25(2,3)18-7-10-20(11-8-18)31-16-23(28)26-19-9-6-17-12-13-27(21(17)15-19)24(29)22-5-4-14-30-22/h4-11,14-15H,12-13,16H2,1-3H3,(H,26,28). The van der Waals surface area contributed by atoms with Crippen LogP contribution in [-0.2, 0) is 16.6 Å². The molecule has 6 nitrogen and oxygen atoms in total. The highest BCUT2D eigenvalue weighted by molar-refractivity contribution is 6.06. The molecule has 1 aromatic heterocycles. The molecular weight excluding hydrogens is 392 g/mol. The number of nitrogens with zero attached hydrogens (tertiary/aromatic N) is 1. The number of furan rings is 1. The first kappa shape index (κ1) is 20.7. The molecule has 1 N–H and O–H groups in total. The predicted molar refractivity (Wildman–Crippen MR) is 120 cm³/mol. The van der Waals surface area contributed by atoms with Crippen LogP contribution < -0.4 is 15.0 Å². The van der Waals surface area contributed by atoms with E-state index in [4.69, 9.17) is 9.15 Å². The molecule has 0 unspecified atom stereocenters. The van der Waals surface area contributed by atoms with Gasteiger partial charge in [-0.25, -0.2) is 0 Å². The largest absolute Gasteiger partial charge is 0.484 e. The summed E-state index contributed by atoms with van der Waals surface area (Å²) >= 11 is 0. The second-order valence-electron chi connectivity index (χ2n) is 8.64. The number of ether oxygens (including phenoxy) is 1. The zero-order valence-electron chi connectivity index (χ0n) is 18.0. The van der Waals surface area contributed by atoms with Crippen molar-refractivity contribution in [2.45, 2.75) is 32.6 Å². The molecule has 0 bridgehead atoms. The van der Waals surface area contributed by atoms with Gasteiger partial charge < -0.3 is 19.4 Å². The summed E-state index contributed by atoms with van der Waals surface area (Å²) in [5.41, 5.74) is 3.74. The lowest BCUT2D eigenvalue weighted by atomic mass is 9.87. The van der Waals surface area contributed by atoms with Crippen molar-refractivity contribution in [1.82, 2.24) is 0 Å². The molecule has 160 valence electrons. The van der Waals surface area contributed by atoms with Gasteiger partial charge in [0.15, 0.2) is 12.4 Å². The van der Waals surface area contributed by atoms with E-state index in [2.05, 4.69) is 26.1 Å². The summed E-state index contributed by atoms with van der Waals surface area (Å²) in [7, 11) is 0. The van der Waals surface area contributed by atoms with E-state index in [1.807, 2.05) is 42.5 Å². The van der Waals surface area contributed by atoms with Crippen LogP contribution in [0.4, 0.5) is 11.4 Å². The number of hydrogen-bond acceptors (Lipinski definition) is 4. The van der Waals surface area contributed by atoms with E-state index in [9.17, 15) is 9.59 Å². The molecule has 0 saturated carbocycles. The first-order valence-electron chi connectivity index (χ1n) is 10.3. The number of carbonyl (C=O) groups is 2. The third kappa shape index (κ3) is 4.63. The van der Waals surface area contributed by atoms with Crippen molar-refractivity contribution in [1.29, 1.82) is 0 Å². The Kier molecular flexibility index (Phi) is 5.55. The van der Waals surface area contributed by atoms with Gasteiger partial charge in [-0.1, -0.05) is 39.0 Å². The fourth-order valence-corrected chi connectivity index (χ4v) is 3.60. The molecule has 0 spiro atoms. The minimum absolute atomic E-state index is 0.0652. The predicted octanol–water partition coefficient (Wildman–Crippen LogP) is 4.80. The van der Waals surface area contributed by atoms with Gasteiger partial charge in [0.1, 0.15) is 5.75 Å². The number of hydrogen-bond donors (Lipinski definition) is 1. The molecule has 2 aromatic carbocycles. The lowest BCUT2D eigenvalue weighted by Crippen LogP contribution is -2.28. The summed E-state index contributed by atoms with van der Waals surface area (Å²) in [6, 6.07) is 16.7. The second kappa shape index (κ2) is 8.30. The second-order valence-corrected chi connectivity index (χ2v) is 8.64. The molecule has 0 radical (unpaired) electrons. The third-order valence-corrected chi connectivity index (χ3v) is 5.33. The molecule has 4 rings (SSSR count). The van der Waals surface area contributed by atoms with Crippen molar-refractivity contribution in [3.63, 3.8) is 0 Å². The number of nitrogens with one attached hydrogen (secondary N) is 1. The van der Waals surface area contributed by atoms with E-state index in [1.54, 1.807) is 17.0 Å². The molecule has 2 amide bonds. The van der Waals surface area contributed by atoms with E-state index in [0.717, 1.165) is 17.7 Å². The average molecular weight is 418 g/mol. The van der Waals surface area contributed by atoms with Crippen molar-refractivity contribution in [3.05, 3.63) is 77.7 Å². The lowest BCUT2D eigenvalue weighted by molar-refractivity contribution is -0.118. The van der Waals surface area contributed by atoms with E-state index >= 15 is 0 Å². The van der Waals surface area contributed by atoms with Gasteiger partial charge in [-0.2, -0.15) is 0 Å². The van der Waals surface area contributed by atoms with Crippen LogP contribution in [0.3, 0.4) is 0 Å². The molecule has 1 aliphatic rings. The quantitative estimate of drug-likeness (QED) is 0.646. The van der Waals surface area contributed by atoms with Crippen molar-refractivity contribution in [3.8, 4) is 5.75 Å². The number of carbonyl (C=O) groups excluding carboxylic acids is 2. The molecule has 0 aliphatic carbocycles. The summed E-state index contributed by atoms with van der Waals surface area (Å²) in [4.78, 5) is 26.7. The fraction of sp³-hybridized carbons (Fsp3) is 0.280. The van der Waals surface area contributed by atoms with Crippen LogP contribution in [0.15, 0.2) is 65.3 Å². The first-order chi connectivity index (χ1) is 14.8. The van der Waals surface area contributed by atoms with E-state index in [0.29, 0.717) is 23.7 Å². The highest BCUT2D eigenvalue weighted by Crippen LogP contribution is 2.32. The maximum Gasteiger partial charge on any atom is 0.293 e. The van der Waals surface area contributed by atoms with Crippen LogP contribution in [-0.4, -0.2) is 25.0 Å². The Morgan fingerprint density at radius 3 is 2.55 bits per heavy atom. The maximum atomic E-state index is 12.7. The van der Waals surface area contributed by atoms with Crippen molar-refractivity contribution < 1.29 is 18.7 Å². The van der Waals surface area contributed by atoms with Gasteiger partial charge in [0, 0.05) is 17.9 Å². The van der Waals surface area contributed by atoms with Gasteiger partial charge in [0.25, 0.3) is 11.8 Å². The number of benzene rings is 2. The Morgan fingerprint density at radius 1 is 1.10 bits per heavy atom. The molecular formula is C25H26N2O4. The Morgan fingerprint density at radius 2 is 1.87 bits per heavy atom. The van der Waals surface area contributed by atoms with Gasteiger partial charge in [-0.3, -0.25) is 9.59 Å². The summed E-state index contributed by atoms with van der Waals surface area (Å²) in [6.45, 7) is 6.93. The number of fused-ring (bicyclic) bond motifs is 1. The van der Waals surface area contributed by atoms with E-state index < -0.39 is 0 Å². The number of anilines is 2. The zero-order chi connectivity index (χ0) is 22.0. The molecule has 1 aliphatic heterocycles. The maximum absolute atomic E-state index is 12.7. The van der Waals surface area contributed by atoms with Crippen molar-refractivity contribution >= 4 is 23.2 Å². The summed E-state index contributed by atoms with van der Waals surface area (Å²) in [6.07, 6.45) is 2.25. The molecule has 6 heteroatoms. The average Bonchev–Trinajstić information content (AvgIpc) is 3.41. The number of rotatable bonds is 5. The van der Waals surface area contributed by atoms with Gasteiger partial charge >= 0.3 is 0 Å². The van der Waals surface area contributed by atoms with Crippen LogP contribution in [0.25, 0.3) is 0 Å². The molecule has 0 atom stereocenters. The Bertz CT molecular complexity index is 1080. The molecule has 0 saturated heterocycles. The minimum atomic E-state index is -0.262. The Labute approximate surface area is 181 Å². The van der Waals surface area contributed by atoms with Crippen LogP contribution in [0.1, 0.15) is 42.5 Å². The monoisotopic (exact) mass is 418 g/mol. The van der Waals surface area contributed by atoms with Crippen LogP contribution >= 0.6 is 0 Å². The van der Waals surface area contributed by atoms with Gasteiger partial charge in [0.05, 0.1) is 6.26 Å². The minimum Gasteiger partial charge on any atom is -0.484 e.